The molecule has 0 bridgehead atoms. The molecule has 4 nitrogen and oxygen atoms in total. The van der Waals surface area contributed by atoms with E-state index in [4.69, 9.17) is 4.74 Å². The summed E-state index contributed by atoms with van der Waals surface area (Å²) in [7, 11) is 0. The van der Waals surface area contributed by atoms with Crippen molar-refractivity contribution in [3.05, 3.63) is 0 Å². The predicted molar refractivity (Wildman–Crippen MR) is 80.3 cm³/mol. The van der Waals surface area contributed by atoms with Gasteiger partial charge in [-0.05, 0) is 37.5 Å². The third kappa shape index (κ3) is 3.95. The number of nitrogens with zero attached hydrogens (tertiary/aromatic N) is 1. The predicted octanol–water partition coefficient (Wildman–Crippen LogP) is 2.39. The molecule has 0 aromatic carbocycles. The fraction of sp³-hybridized carbons (Fsp3) is 0.938. The Hall–Kier alpha value is -0.610. The molecule has 2 saturated heterocycles. The molecule has 2 aliphatic rings. The van der Waals surface area contributed by atoms with Crippen LogP contribution in [0.25, 0.3) is 0 Å². The summed E-state index contributed by atoms with van der Waals surface area (Å²) in [6.45, 7) is 9.21. The standard InChI is InChI=1S/C16H30N2O2/c1-4-5-15-17-14(10-12(2)3)16(19)18(15)8-6-13-7-9-20-11-13/h12-15,17H,4-11H2,1-3H3. The summed E-state index contributed by atoms with van der Waals surface area (Å²) < 4.78 is 5.43. The van der Waals surface area contributed by atoms with E-state index in [0.717, 1.165) is 51.9 Å². The summed E-state index contributed by atoms with van der Waals surface area (Å²) in [5.74, 6) is 1.52. The average Bonchev–Trinajstić information content (AvgIpc) is 2.98. The van der Waals surface area contributed by atoms with E-state index >= 15 is 0 Å². The van der Waals surface area contributed by atoms with E-state index < -0.39 is 0 Å². The largest absolute Gasteiger partial charge is 0.381 e. The molecule has 1 amide bonds. The van der Waals surface area contributed by atoms with Gasteiger partial charge >= 0.3 is 0 Å². The van der Waals surface area contributed by atoms with Crippen LogP contribution in [0.2, 0.25) is 0 Å². The van der Waals surface area contributed by atoms with Crippen LogP contribution < -0.4 is 5.32 Å². The van der Waals surface area contributed by atoms with Crippen molar-refractivity contribution < 1.29 is 9.53 Å². The molecule has 2 rings (SSSR count). The molecule has 3 unspecified atom stereocenters. The second-order valence-electron chi connectivity index (χ2n) is 6.70. The number of carbonyl (C=O) groups is 1. The van der Waals surface area contributed by atoms with Crippen LogP contribution in [0.4, 0.5) is 0 Å². The third-order valence-electron chi connectivity index (χ3n) is 4.42. The highest BCUT2D eigenvalue weighted by molar-refractivity contribution is 5.84. The van der Waals surface area contributed by atoms with Gasteiger partial charge in [0.15, 0.2) is 0 Å². The van der Waals surface area contributed by atoms with E-state index in [0.29, 0.717) is 17.7 Å². The van der Waals surface area contributed by atoms with Crippen LogP contribution in [0, 0.1) is 11.8 Å². The Morgan fingerprint density at radius 2 is 2.20 bits per heavy atom. The summed E-state index contributed by atoms with van der Waals surface area (Å²) in [6, 6.07) is 0.0337. The maximum atomic E-state index is 12.6. The topological polar surface area (TPSA) is 41.6 Å². The van der Waals surface area contributed by atoms with E-state index in [-0.39, 0.29) is 12.2 Å². The Balaban J connectivity index is 1.90. The Morgan fingerprint density at radius 1 is 1.40 bits per heavy atom. The molecule has 20 heavy (non-hydrogen) atoms. The first-order valence-corrected chi connectivity index (χ1v) is 8.26. The monoisotopic (exact) mass is 282 g/mol. The van der Waals surface area contributed by atoms with E-state index in [1.54, 1.807) is 0 Å². The van der Waals surface area contributed by atoms with E-state index in [2.05, 4.69) is 31.0 Å². The highest BCUT2D eigenvalue weighted by Crippen LogP contribution is 2.23. The van der Waals surface area contributed by atoms with Gasteiger partial charge in [0.1, 0.15) is 0 Å². The lowest BCUT2D eigenvalue weighted by atomic mass is 10.0. The summed E-state index contributed by atoms with van der Waals surface area (Å²) >= 11 is 0. The zero-order valence-electron chi connectivity index (χ0n) is 13.2. The van der Waals surface area contributed by atoms with Crippen molar-refractivity contribution in [1.29, 1.82) is 0 Å². The number of carbonyl (C=O) groups excluding carboxylic acids is 1. The number of rotatable bonds is 7. The van der Waals surface area contributed by atoms with Gasteiger partial charge in [-0.1, -0.05) is 27.2 Å². The van der Waals surface area contributed by atoms with Crippen LogP contribution in [-0.4, -0.2) is 42.8 Å². The molecule has 4 heteroatoms. The Morgan fingerprint density at radius 3 is 2.80 bits per heavy atom. The number of amides is 1. The molecule has 0 aromatic heterocycles. The molecule has 3 atom stereocenters. The fourth-order valence-electron chi connectivity index (χ4n) is 3.30. The van der Waals surface area contributed by atoms with Crippen LogP contribution in [0.15, 0.2) is 0 Å². The molecule has 0 aliphatic carbocycles. The van der Waals surface area contributed by atoms with Crippen molar-refractivity contribution in [3.8, 4) is 0 Å². The lowest BCUT2D eigenvalue weighted by Gasteiger charge is -2.25. The van der Waals surface area contributed by atoms with Crippen molar-refractivity contribution in [2.75, 3.05) is 19.8 Å². The quantitative estimate of drug-likeness (QED) is 0.779. The molecule has 1 N–H and O–H groups in total. The van der Waals surface area contributed by atoms with Gasteiger partial charge in [-0.15, -0.1) is 0 Å². The lowest BCUT2D eigenvalue weighted by Crippen LogP contribution is -2.38. The highest BCUT2D eigenvalue weighted by Gasteiger charge is 2.38. The van der Waals surface area contributed by atoms with Crippen molar-refractivity contribution in [2.24, 2.45) is 11.8 Å². The zero-order chi connectivity index (χ0) is 14.5. The SMILES string of the molecule is CCCC1NC(CC(C)C)C(=O)N1CCC1CCOC1. The normalized spacial score (nSPS) is 30.7. The maximum absolute atomic E-state index is 12.6. The first-order valence-electron chi connectivity index (χ1n) is 8.26. The molecule has 2 aliphatic heterocycles. The summed E-state index contributed by atoms with van der Waals surface area (Å²) in [4.78, 5) is 14.7. The molecule has 116 valence electrons. The summed E-state index contributed by atoms with van der Waals surface area (Å²) in [5.41, 5.74) is 0. The lowest BCUT2D eigenvalue weighted by molar-refractivity contribution is -0.130. The molecule has 0 saturated carbocycles. The van der Waals surface area contributed by atoms with Crippen LogP contribution in [0.5, 0.6) is 0 Å². The van der Waals surface area contributed by atoms with Crippen LogP contribution in [0.1, 0.15) is 52.9 Å². The molecular weight excluding hydrogens is 252 g/mol. The van der Waals surface area contributed by atoms with Gasteiger partial charge in [0.25, 0.3) is 0 Å². The van der Waals surface area contributed by atoms with Gasteiger partial charge in [-0.2, -0.15) is 0 Å². The van der Waals surface area contributed by atoms with Gasteiger partial charge in [0, 0.05) is 19.8 Å². The van der Waals surface area contributed by atoms with Crippen LogP contribution in [0.3, 0.4) is 0 Å². The fourth-order valence-corrected chi connectivity index (χ4v) is 3.30. The van der Waals surface area contributed by atoms with Gasteiger partial charge in [-0.25, -0.2) is 0 Å². The number of ether oxygens (including phenoxy) is 1. The van der Waals surface area contributed by atoms with Gasteiger partial charge in [0.05, 0.1) is 12.2 Å². The minimum Gasteiger partial charge on any atom is -0.381 e. The Kier molecular flexibility index (Phi) is 5.85. The van der Waals surface area contributed by atoms with Gasteiger partial charge in [0.2, 0.25) is 5.91 Å². The molecule has 0 spiro atoms. The van der Waals surface area contributed by atoms with E-state index in [1.165, 1.54) is 0 Å². The Labute approximate surface area is 123 Å². The van der Waals surface area contributed by atoms with E-state index in [1.807, 2.05) is 0 Å². The van der Waals surface area contributed by atoms with Crippen LogP contribution >= 0.6 is 0 Å². The minimum absolute atomic E-state index is 0.0337. The van der Waals surface area contributed by atoms with Crippen molar-refractivity contribution >= 4 is 5.91 Å². The Bertz CT molecular complexity index is 314. The second-order valence-corrected chi connectivity index (χ2v) is 6.70. The number of nitrogens with one attached hydrogen (secondary N) is 1. The third-order valence-corrected chi connectivity index (χ3v) is 4.42. The smallest absolute Gasteiger partial charge is 0.241 e. The summed E-state index contributed by atoms with van der Waals surface area (Å²) in [5, 5.41) is 3.54. The first kappa shape index (κ1) is 15.8. The maximum Gasteiger partial charge on any atom is 0.241 e. The second kappa shape index (κ2) is 7.41. The van der Waals surface area contributed by atoms with Crippen molar-refractivity contribution in [3.63, 3.8) is 0 Å². The molecular formula is C16H30N2O2. The van der Waals surface area contributed by atoms with Crippen LogP contribution in [-0.2, 0) is 9.53 Å². The molecule has 0 aromatic rings. The van der Waals surface area contributed by atoms with Gasteiger partial charge < -0.3 is 9.64 Å². The van der Waals surface area contributed by atoms with Gasteiger partial charge in [-0.3, -0.25) is 10.1 Å². The first-order chi connectivity index (χ1) is 9.61. The minimum atomic E-state index is 0.0337. The average molecular weight is 282 g/mol. The van der Waals surface area contributed by atoms with E-state index in [9.17, 15) is 4.79 Å². The summed E-state index contributed by atoms with van der Waals surface area (Å²) in [6.07, 6.45) is 5.61. The van der Waals surface area contributed by atoms with Crippen molar-refractivity contribution in [1.82, 2.24) is 10.2 Å². The molecule has 2 fully saturated rings. The number of hydrogen-bond acceptors (Lipinski definition) is 3. The molecule has 0 radical (unpaired) electrons. The number of hydrogen-bond donors (Lipinski definition) is 1. The zero-order valence-corrected chi connectivity index (χ0v) is 13.2. The highest BCUT2D eigenvalue weighted by atomic mass is 16.5. The van der Waals surface area contributed by atoms with Crippen molar-refractivity contribution in [2.45, 2.75) is 65.1 Å². The molecule has 2 heterocycles.